The number of hydrogen-bond acceptors (Lipinski definition) is 3. The molecule has 3 nitrogen and oxygen atoms in total. The summed E-state index contributed by atoms with van der Waals surface area (Å²) in [6.45, 7) is 0. The molecule has 0 rings (SSSR count). The van der Waals surface area contributed by atoms with Crippen molar-refractivity contribution < 1.29 is 62.1 Å². The molecule has 0 amide bonds. The van der Waals surface area contributed by atoms with E-state index < -0.39 is 0 Å². The second kappa shape index (κ2) is 24.3. The number of nitrogens with two attached hydrogens (primary N) is 1. The van der Waals surface area contributed by atoms with Gasteiger partial charge in [0.05, 0.1) is 0 Å². The minimum absolute atomic E-state index is 0. The van der Waals surface area contributed by atoms with E-state index in [1.165, 1.54) is 0 Å². The van der Waals surface area contributed by atoms with Crippen LogP contribution in [0.25, 0.3) is 0 Å². The van der Waals surface area contributed by atoms with Gasteiger partial charge < -0.3 is 10.7 Å². The van der Waals surface area contributed by atoms with Crippen molar-refractivity contribution in [1.29, 1.82) is 0 Å². The van der Waals surface area contributed by atoms with Crippen molar-refractivity contribution in [3.05, 3.63) is 0 Å². The third-order valence-corrected chi connectivity index (χ3v) is 0. The Labute approximate surface area is 66.9 Å². The molecule has 0 saturated carbocycles. The first-order valence-corrected chi connectivity index (χ1v) is 0.258. The molecule has 0 aromatic carbocycles. The fourth-order valence-electron chi connectivity index (χ4n) is 0. The van der Waals surface area contributed by atoms with Crippen molar-refractivity contribution in [2.75, 3.05) is 0 Å². The molecule has 0 bridgehead atoms. The molecule has 4 heavy (non-hydrogen) atoms. The van der Waals surface area contributed by atoms with E-state index in [0.29, 0.717) is 0 Å². The van der Waals surface area contributed by atoms with E-state index in [0.717, 1.165) is 0 Å². The molecule has 4 heteroatoms. The predicted octanol–water partition coefficient (Wildman–Crippen LogP) is -3.84. The molecule has 0 aliphatic heterocycles. The largest absolute Gasteiger partial charge is 1.00 e. The Morgan fingerprint density at radius 2 is 1.25 bits per heavy atom. The summed E-state index contributed by atoms with van der Waals surface area (Å²) in [5, 5.41) is 6.50. The third kappa shape index (κ3) is 9.68. The Kier molecular flexibility index (Phi) is 108. The molecule has 0 saturated heterocycles. The molecule has 4 N–H and O–H groups in total. The van der Waals surface area contributed by atoms with Crippen LogP contribution in [0.4, 0.5) is 0 Å². The minimum Gasteiger partial charge on any atom is -0.870 e. The summed E-state index contributed by atoms with van der Waals surface area (Å²) < 4.78 is 0. The van der Waals surface area contributed by atoms with Crippen LogP contribution in [0.1, 0.15) is 0 Å². The van der Waals surface area contributed by atoms with Crippen molar-refractivity contribution in [1.82, 2.24) is 0 Å². The summed E-state index contributed by atoms with van der Waals surface area (Å²) in [6.07, 6.45) is 0. The molecule has 0 spiro atoms. The average molecular weight is 89.1 g/mol. The summed E-state index contributed by atoms with van der Waals surface area (Å²) in [6, 6.07) is 0. The van der Waals surface area contributed by atoms with Crippen LogP contribution in [0.2, 0.25) is 0 Å². The standard InChI is InChI=1S/K.H3NO.H2O/c;1-2;/h;2H,1H2;1H2/q+1;;/p-1. The molecule has 0 heterocycles. The molecule has 0 aliphatic carbocycles. The SMILES string of the molecule is NO.[K+].[OH-]. The van der Waals surface area contributed by atoms with Crippen LogP contribution in [0.3, 0.4) is 0 Å². The smallest absolute Gasteiger partial charge is 0.870 e. The summed E-state index contributed by atoms with van der Waals surface area (Å²) in [7, 11) is 0. The predicted molar refractivity (Wildman–Crippen MR) is 7.91 cm³/mol. The monoisotopic (exact) mass is 89.0 g/mol. The Bertz CT molecular complexity index is 6.00. The van der Waals surface area contributed by atoms with Gasteiger partial charge in [0, 0.05) is 0 Å². The van der Waals surface area contributed by atoms with Crippen LogP contribution in [-0.4, -0.2) is 10.7 Å². The topological polar surface area (TPSA) is 76.2 Å². The minimum atomic E-state index is 0. The van der Waals surface area contributed by atoms with Crippen LogP contribution in [0.15, 0.2) is 0 Å². The molecular weight excluding hydrogens is 85.1 g/mol. The Hall–Kier alpha value is 1.52. The van der Waals surface area contributed by atoms with E-state index in [-0.39, 0.29) is 56.9 Å². The van der Waals surface area contributed by atoms with Gasteiger partial charge in [0.2, 0.25) is 0 Å². The molecule has 0 unspecified atom stereocenters. The number of hydrogen-bond donors (Lipinski definition) is 2. The van der Waals surface area contributed by atoms with Crippen LogP contribution >= 0.6 is 0 Å². The summed E-state index contributed by atoms with van der Waals surface area (Å²) >= 11 is 0. The van der Waals surface area contributed by atoms with Crippen molar-refractivity contribution in [3.63, 3.8) is 0 Å². The fourth-order valence-corrected chi connectivity index (χ4v) is 0. The quantitative estimate of drug-likeness (QED) is 0.236. The maximum atomic E-state index is 6.50. The summed E-state index contributed by atoms with van der Waals surface area (Å²) in [5.74, 6) is 3.50. The van der Waals surface area contributed by atoms with Crippen LogP contribution in [-0.2, 0) is 0 Å². The van der Waals surface area contributed by atoms with Gasteiger partial charge in [-0.3, -0.25) is 0 Å². The van der Waals surface area contributed by atoms with Crippen LogP contribution in [0.5, 0.6) is 0 Å². The van der Waals surface area contributed by atoms with E-state index >= 15 is 0 Å². The Morgan fingerprint density at radius 3 is 1.25 bits per heavy atom. The number of rotatable bonds is 0. The zero-order valence-electron chi connectivity index (χ0n) is 2.47. The zero-order valence-corrected chi connectivity index (χ0v) is 5.59. The molecule has 0 aromatic heterocycles. The molecule has 22 valence electrons. The molecule has 0 radical (unpaired) electrons. The van der Waals surface area contributed by atoms with E-state index in [4.69, 9.17) is 5.21 Å². The first-order chi connectivity index (χ1) is 1.00. The van der Waals surface area contributed by atoms with Crippen molar-refractivity contribution in [2.45, 2.75) is 0 Å². The van der Waals surface area contributed by atoms with Gasteiger partial charge in [-0.1, -0.05) is 0 Å². The first kappa shape index (κ1) is 17.8. The molecule has 0 atom stereocenters. The Morgan fingerprint density at radius 1 is 1.25 bits per heavy atom. The molecule has 0 aliphatic rings. The molecule has 0 fully saturated rings. The van der Waals surface area contributed by atoms with Crippen molar-refractivity contribution in [2.24, 2.45) is 5.90 Å². The normalized spacial score (nSPS) is 1.50. The maximum Gasteiger partial charge on any atom is 1.00 e. The van der Waals surface area contributed by atoms with Gasteiger partial charge in [0.1, 0.15) is 0 Å². The first-order valence-electron chi connectivity index (χ1n) is 0.258. The second-order valence-electron chi connectivity index (χ2n) is 0. The van der Waals surface area contributed by atoms with Crippen LogP contribution in [0, 0.1) is 0 Å². The van der Waals surface area contributed by atoms with E-state index in [1.54, 1.807) is 0 Å². The van der Waals surface area contributed by atoms with Gasteiger partial charge in [0.15, 0.2) is 0 Å². The average Bonchev–Trinajstić information content (AvgIpc) is 1.00. The van der Waals surface area contributed by atoms with Crippen LogP contribution < -0.4 is 57.3 Å². The third-order valence-electron chi connectivity index (χ3n) is 0. The molecular formula is H4KNO2. The summed E-state index contributed by atoms with van der Waals surface area (Å²) in [4.78, 5) is 0. The van der Waals surface area contributed by atoms with Gasteiger partial charge in [0.25, 0.3) is 0 Å². The van der Waals surface area contributed by atoms with Gasteiger partial charge in [-0.2, -0.15) is 0 Å². The fraction of sp³-hybridized carbons (Fsp3) is 0. The molecule has 0 aromatic rings. The second-order valence-corrected chi connectivity index (χ2v) is 0. The van der Waals surface area contributed by atoms with E-state index in [2.05, 4.69) is 5.90 Å². The van der Waals surface area contributed by atoms with E-state index in [1.807, 2.05) is 0 Å². The van der Waals surface area contributed by atoms with Crippen molar-refractivity contribution in [3.8, 4) is 0 Å². The van der Waals surface area contributed by atoms with Gasteiger partial charge in [-0.05, 0) is 0 Å². The van der Waals surface area contributed by atoms with E-state index in [9.17, 15) is 0 Å². The summed E-state index contributed by atoms with van der Waals surface area (Å²) in [5.41, 5.74) is 0. The van der Waals surface area contributed by atoms with Gasteiger partial charge in [-0.25, -0.2) is 5.90 Å². The van der Waals surface area contributed by atoms with Crippen molar-refractivity contribution >= 4 is 0 Å². The van der Waals surface area contributed by atoms with Gasteiger partial charge in [-0.15, -0.1) is 0 Å². The van der Waals surface area contributed by atoms with Gasteiger partial charge >= 0.3 is 51.4 Å². The zero-order chi connectivity index (χ0) is 2.00. The maximum absolute atomic E-state index is 6.50. The Balaban J connectivity index is -0.00000000500.